The Morgan fingerprint density at radius 3 is 2.60 bits per heavy atom. The molecule has 0 spiro atoms. The predicted octanol–water partition coefficient (Wildman–Crippen LogP) is 3.47. The van der Waals surface area contributed by atoms with Gasteiger partial charge < -0.3 is 20.5 Å². The average molecular weight is 429 g/mol. The Labute approximate surface area is 179 Å². The molecule has 3 N–H and O–H groups in total. The van der Waals surface area contributed by atoms with E-state index in [1.165, 1.54) is 0 Å². The normalized spacial score (nSPS) is 16.6. The number of carbonyl (C=O) groups is 3. The zero-order chi connectivity index (χ0) is 21.5. The Morgan fingerprint density at radius 1 is 1.20 bits per heavy atom. The van der Waals surface area contributed by atoms with E-state index in [2.05, 4.69) is 10.6 Å². The number of ether oxygens (including phenoxy) is 1. The third-order valence-electron chi connectivity index (χ3n) is 4.82. The molecule has 2 aromatic carbocycles. The third kappa shape index (κ3) is 5.84. The van der Waals surface area contributed by atoms with Crippen LogP contribution in [0.4, 0.5) is 5.69 Å². The molecule has 158 valence electrons. The van der Waals surface area contributed by atoms with E-state index in [0.717, 1.165) is 11.3 Å². The van der Waals surface area contributed by atoms with Crippen molar-refractivity contribution in [1.82, 2.24) is 5.32 Å². The van der Waals surface area contributed by atoms with Crippen LogP contribution in [0.25, 0.3) is 0 Å². The highest BCUT2D eigenvalue weighted by Gasteiger charge is 2.24. The van der Waals surface area contributed by atoms with Crippen LogP contribution >= 0.6 is 11.8 Å². The van der Waals surface area contributed by atoms with E-state index in [9.17, 15) is 19.5 Å². The van der Waals surface area contributed by atoms with Gasteiger partial charge in [-0.25, -0.2) is 0 Å². The highest BCUT2D eigenvalue weighted by molar-refractivity contribution is 7.98. The molecule has 1 fully saturated rings. The third-order valence-corrected chi connectivity index (χ3v) is 5.56. The average Bonchev–Trinajstić information content (AvgIpc) is 3.28. The van der Waals surface area contributed by atoms with Gasteiger partial charge >= 0.3 is 5.97 Å². The van der Waals surface area contributed by atoms with Crippen LogP contribution in [0, 0.1) is 0 Å². The minimum Gasteiger partial charge on any atom is -0.481 e. The zero-order valence-corrected chi connectivity index (χ0v) is 17.4. The Hall–Kier alpha value is -2.84. The molecule has 2 atom stereocenters. The smallest absolute Gasteiger partial charge is 0.305 e. The summed E-state index contributed by atoms with van der Waals surface area (Å²) in [6.07, 6.45) is 2.78. The fourth-order valence-corrected chi connectivity index (χ4v) is 3.66. The van der Waals surface area contributed by atoms with Crippen molar-refractivity contribution in [1.29, 1.82) is 0 Å². The van der Waals surface area contributed by atoms with Gasteiger partial charge in [-0.3, -0.25) is 14.4 Å². The van der Waals surface area contributed by atoms with E-state index >= 15 is 0 Å². The predicted molar refractivity (Wildman–Crippen MR) is 115 cm³/mol. The van der Waals surface area contributed by atoms with Gasteiger partial charge in [0.15, 0.2) is 0 Å². The van der Waals surface area contributed by atoms with E-state index in [1.807, 2.05) is 30.5 Å². The molecule has 0 bridgehead atoms. The van der Waals surface area contributed by atoms with Crippen LogP contribution in [0.2, 0.25) is 0 Å². The minimum absolute atomic E-state index is 0.234. The Bertz CT molecular complexity index is 910. The first-order valence-corrected chi connectivity index (χ1v) is 10.9. The molecular weight excluding hydrogens is 404 g/mol. The number of anilines is 1. The van der Waals surface area contributed by atoms with Crippen LogP contribution in [0.15, 0.2) is 53.4 Å². The summed E-state index contributed by atoms with van der Waals surface area (Å²) in [4.78, 5) is 37.4. The van der Waals surface area contributed by atoms with Crippen molar-refractivity contribution in [2.24, 2.45) is 0 Å². The number of aliphatic carboxylic acids is 1. The summed E-state index contributed by atoms with van der Waals surface area (Å²) in [5.41, 5.74) is 1.53. The molecule has 2 amide bonds. The highest BCUT2D eigenvalue weighted by Crippen LogP contribution is 2.22. The quantitative estimate of drug-likeness (QED) is 0.556. The second-order valence-electron chi connectivity index (χ2n) is 6.97. The number of carbonyl (C=O) groups excluding carboxylic acids is 2. The molecule has 1 saturated heterocycles. The fraction of sp³-hybridized carbons (Fsp3) is 0.318. The maximum Gasteiger partial charge on any atom is 0.305 e. The van der Waals surface area contributed by atoms with Crippen molar-refractivity contribution >= 4 is 35.2 Å². The van der Waals surface area contributed by atoms with Gasteiger partial charge in [0.2, 0.25) is 0 Å². The molecule has 0 saturated carbocycles. The lowest BCUT2D eigenvalue weighted by Crippen LogP contribution is -2.30. The van der Waals surface area contributed by atoms with Crippen LogP contribution in [0.3, 0.4) is 0 Å². The first kappa shape index (κ1) is 21.9. The summed E-state index contributed by atoms with van der Waals surface area (Å²) in [5, 5.41) is 14.8. The topological polar surface area (TPSA) is 105 Å². The molecule has 1 aliphatic heterocycles. The number of benzene rings is 2. The van der Waals surface area contributed by atoms with Gasteiger partial charge in [-0.1, -0.05) is 18.2 Å². The van der Waals surface area contributed by atoms with Crippen LogP contribution in [-0.2, 0) is 14.3 Å². The molecule has 7 nitrogen and oxygen atoms in total. The molecule has 0 aromatic heterocycles. The second-order valence-corrected chi connectivity index (χ2v) is 7.85. The molecule has 30 heavy (non-hydrogen) atoms. The molecule has 0 unspecified atom stereocenters. The summed E-state index contributed by atoms with van der Waals surface area (Å²) in [6, 6.07) is 13.3. The van der Waals surface area contributed by atoms with Gasteiger partial charge in [-0.2, -0.15) is 0 Å². The van der Waals surface area contributed by atoms with Crippen molar-refractivity contribution in [3.8, 4) is 0 Å². The Balaban J connectivity index is 1.71. The van der Waals surface area contributed by atoms with Crippen LogP contribution in [-0.4, -0.2) is 41.9 Å². The summed E-state index contributed by atoms with van der Waals surface area (Å²) in [6.45, 7) is 0.573. The first-order valence-electron chi connectivity index (χ1n) is 9.65. The highest BCUT2D eigenvalue weighted by atomic mass is 32.2. The molecule has 8 heteroatoms. The number of hydrogen-bond donors (Lipinski definition) is 3. The summed E-state index contributed by atoms with van der Waals surface area (Å²) < 4.78 is 5.37. The van der Waals surface area contributed by atoms with Crippen LogP contribution in [0.1, 0.15) is 41.2 Å². The molecule has 3 rings (SSSR count). The number of thioether (sulfide) groups is 1. The molecule has 1 heterocycles. The van der Waals surface area contributed by atoms with Crippen LogP contribution < -0.4 is 10.6 Å². The lowest BCUT2D eigenvalue weighted by molar-refractivity contribution is -0.137. The van der Waals surface area contributed by atoms with Gasteiger partial charge in [0.05, 0.1) is 12.5 Å². The number of nitrogens with one attached hydrogen (secondary N) is 2. The monoisotopic (exact) mass is 428 g/mol. The van der Waals surface area contributed by atoms with E-state index in [1.54, 1.807) is 36.0 Å². The van der Waals surface area contributed by atoms with Crippen molar-refractivity contribution in [3.63, 3.8) is 0 Å². The Morgan fingerprint density at radius 2 is 1.97 bits per heavy atom. The summed E-state index contributed by atoms with van der Waals surface area (Å²) in [5.74, 6) is -1.65. The van der Waals surface area contributed by atoms with Crippen molar-refractivity contribution in [2.45, 2.75) is 36.3 Å². The van der Waals surface area contributed by atoms with Crippen LogP contribution in [0.5, 0.6) is 0 Å². The number of rotatable bonds is 8. The summed E-state index contributed by atoms with van der Waals surface area (Å²) >= 11 is 1.58. The SMILES string of the molecule is CSc1ccc([C@@H](CC(=O)O)NC(=O)c2cccc(NC(=O)[C@@H]3CCCO3)c2)cc1. The molecule has 0 aliphatic carbocycles. The molecule has 0 radical (unpaired) electrons. The fourth-order valence-electron chi connectivity index (χ4n) is 3.25. The molecule has 1 aliphatic rings. The standard InChI is InChI=1S/C22H24N2O5S/c1-30-17-9-7-14(8-10-17)18(13-20(25)26)24-21(27)15-4-2-5-16(12-15)23-22(28)19-6-3-11-29-19/h2,4-5,7-10,12,18-19H,3,6,11,13H2,1H3,(H,23,28)(H,24,27)(H,25,26)/t18-,19+/m1/s1. The largest absolute Gasteiger partial charge is 0.481 e. The maximum absolute atomic E-state index is 12.8. The van der Waals surface area contributed by atoms with Gasteiger partial charge in [0, 0.05) is 22.8 Å². The van der Waals surface area contributed by atoms with Gasteiger partial charge in [-0.05, 0) is 55.0 Å². The number of amides is 2. The first-order chi connectivity index (χ1) is 14.5. The van der Waals surface area contributed by atoms with Crippen molar-refractivity contribution in [3.05, 3.63) is 59.7 Å². The number of hydrogen-bond acceptors (Lipinski definition) is 5. The van der Waals surface area contributed by atoms with Gasteiger partial charge in [0.1, 0.15) is 6.10 Å². The maximum atomic E-state index is 12.8. The number of carboxylic acids is 1. The van der Waals surface area contributed by atoms with Gasteiger partial charge in [0.25, 0.3) is 11.8 Å². The lowest BCUT2D eigenvalue weighted by atomic mass is 10.0. The van der Waals surface area contributed by atoms with Crippen molar-refractivity contribution in [2.75, 3.05) is 18.2 Å². The summed E-state index contributed by atoms with van der Waals surface area (Å²) in [7, 11) is 0. The second kappa shape index (κ2) is 10.3. The molecular formula is C22H24N2O5S. The molecule has 2 aromatic rings. The van der Waals surface area contributed by atoms with E-state index in [4.69, 9.17) is 4.74 Å². The van der Waals surface area contributed by atoms with Crippen molar-refractivity contribution < 1.29 is 24.2 Å². The lowest BCUT2D eigenvalue weighted by Gasteiger charge is -2.18. The van der Waals surface area contributed by atoms with E-state index in [0.29, 0.717) is 29.8 Å². The number of carboxylic acid groups (broad SMARTS) is 1. The Kier molecular flexibility index (Phi) is 7.48. The minimum atomic E-state index is -1.01. The van der Waals surface area contributed by atoms with E-state index < -0.39 is 24.0 Å². The van der Waals surface area contributed by atoms with Gasteiger partial charge in [-0.15, -0.1) is 11.8 Å². The van der Waals surface area contributed by atoms with E-state index in [-0.39, 0.29) is 12.3 Å². The zero-order valence-electron chi connectivity index (χ0n) is 16.6.